The Labute approximate surface area is 194 Å². The lowest BCUT2D eigenvalue weighted by Gasteiger charge is -2.29. The topological polar surface area (TPSA) is 83.6 Å². The summed E-state index contributed by atoms with van der Waals surface area (Å²) >= 11 is 5.70. The standard InChI is InChI=1S/C23H19ClF2N2O4/c24-16-5-3-15(4-6-16)23(25,26)19(29)9-2-13-1-7-17-14(11-13)12-28(22(17)32)18-8-10-20(30)27-21(18)31/h1,3-7,11,18H,2,8-10,12H2,(H,27,30,31)/i2D,8D2,10D2. The molecule has 2 aliphatic heterocycles. The fourth-order valence-electron chi connectivity index (χ4n) is 3.49. The number of nitrogens with zero attached hydrogens (tertiary/aromatic N) is 1. The SMILES string of the molecule is [2H]C(CC(=O)C(F)(F)c1ccc(Cl)cc1)c1ccc2c(c1)CN(C1C(=O)NC(=O)C([2H])([2H])C1([2H])[2H])C2=O. The van der Waals surface area contributed by atoms with E-state index >= 15 is 0 Å². The van der Waals surface area contributed by atoms with Crippen LogP contribution in [0.5, 0.6) is 0 Å². The molecule has 2 aromatic carbocycles. The van der Waals surface area contributed by atoms with Crippen molar-refractivity contribution in [3.63, 3.8) is 0 Å². The Bertz CT molecular complexity index is 1320. The van der Waals surface area contributed by atoms with Crippen LogP contribution >= 0.6 is 11.6 Å². The second-order valence-corrected chi connectivity index (χ2v) is 7.69. The number of nitrogens with one attached hydrogen (secondary N) is 1. The Morgan fingerprint density at radius 1 is 1.22 bits per heavy atom. The summed E-state index contributed by atoms with van der Waals surface area (Å²) in [6.45, 7) is -0.356. The molecule has 2 heterocycles. The van der Waals surface area contributed by atoms with Crippen molar-refractivity contribution in [2.75, 3.05) is 0 Å². The number of hydrogen-bond acceptors (Lipinski definition) is 4. The van der Waals surface area contributed by atoms with E-state index in [0.29, 0.717) is 0 Å². The number of amides is 3. The van der Waals surface area contributed by atoms with Crippen molar-refractivity contribution in [1.82, 2.24) is 10.2 Å². The molecule has 1 saturated heterocycles. The predicted octanol–water partition coefficient (Wildman–Crippen LogP) is 3.39. The summed E-state index contributed by atoms with van der Waals surface area (Å²) in [5.74, 6) is -8.79. The largest absolute Gasteiger partial charge is 0.330 e. The lowest BCUT2D eigenvalue weighted by atomic mass is 9.97. The van der Waals surface area contributed by atoms with Crippen LogP contribution in [0.25, 0.3) is 0 Å². The summed E-state index contributed by atoms with van der Waals surface area (Å²) in [6.07, 6.45) is -8.42. The number of Topliss-reactive ketones (excluding diaryl/α,β-unsaturated/α-hetero) is 1. The summed E-state index contributed by atoms with van der Waals surface area (Å²) in [5, 5.41) is 1.97. The predicted molar refractivity (Wildman–Crippen MR) is 111 cm³/mol. The average molecular weight is 466 g/mol. The van der Waals surface area contributed by atoms with E-state index in [1.54, 1.807) is 5.32 Å². The van der Waals surface area contributed by atoms with E-state index in [0.717, 1.165) is 17.0 Å². The molecular weight excluding hydrogens is 442 g/mol. The van der Waals surface area contributed by atoms with E-state index in [1.807, 2.05) is 0 Å². The normalized spacial score (nSPS) is 25.0. The quantitative estimate of drug-likeness (QED) is 0.663. The van der Waals surface area contributed by atoms with Crippen LogP contribution in [0.3, 0.4) is 0 Å². The Balaban J connectivity index is 1.55. The molecule has 1 N–H and O–H groups in total. The fraction of sp³-hybridized carbons (Fsp3) is 0.304. The third-order valence-electron chi connectivity index (χ3n) is 5.16. The lowest BCUT2D eigenvalue weighted by molar-refractivity contribution is -0.144. The molecular formula is C23H19ClF2N2O4. The van der Waals surface area contributed by atoms with Gasteiger partial charge in [0.25, 0.3) is 5.91 Å². The number of rotatable bonds is 6. The van der Waals surface area contributed by atoms with Crippen LogP contribution in [0.4, 0.5) is 8.78 Å². The number of carbonyl (C=O) groups excluding carboxylic acids is 4. The highest BCUT2D eigenvalue weighted by atomic mass is 35.5. The average Bonchev–Trinajstić information content (AvgIpc) is 3.13. The molecule has 0 saturated carbocycles. The van der Waals surface area contributed by atoms with Gasteiger partial charge in [-0.25, -0.2) is 0 Å². The number of aryl methyl sites for hydroxylation is 1. The zero-order valence-electron chi connectivity index (χ0n) is 21.3. The summed E-state index contributed by atoms with van der Waals surface area (Å²) in [4.78, 5) is 50.4. The number of ketones is 1. The number of hydrogen-bond donors (Lipinski definition) is 1. The Hall–Kier alpha value is -3.13. The van der Waals surface area contributed by atoms with Crippen LogP contribution < -0.4 is 5.32 Å². The Morgan fingerprint density at radius 3 is 2.66 bits per heavy atom. The van der Waals surface area contributed by atoms with Crippen molar-refractivity contribution < 1.29 is 34.8 Å². The molecule has 2 aromatic rings. The fourth-order valence-corrected chi connectivity index (χ4v) is 3.61. The molecule has 32 heavy (non-hydrogen) atoms. The number of carbonyl (C=O) groups is 4. The minimum absolute atomic E-state index is 0.0369. The number of imide groups is 1. The molecule has 2 atom stereocenters. The van der Waals surface area contributed by atoms with Crippen molar-refractivity contribution >= 4 is 35.1 Å². The molecule has 0 radical (unpaired) electrons. The first-order valence-corrected chi connectivity index (χ1v) is 9.85. The van der Waals surface area contributed by atoms with Crippen molar-refractivity contribution in [3.05, 3.63) is 69.7 Å². The smallest absolute Gasteiger partial charge is 0.322 e. The number of halogens is 3. The summed E-state index contributed by atoms with van der Waals surface area (Å²) in [6, 6.07) is 6.40. The van der Waals surface area contributed by atoms with Crippen molar-refractivity contribution in [1.29, 1.82) is 0 Å². The second-order valence-electron chi connectivity index (χ2n) is 7.25. The van der Waals surface area contributed by atoms with Gasteiger partial charge in [-0.05, 0) is 42.1 Å². The van der Waals surface area contributed by atoms with E-state index in [1.165, 1.54) is 30.3 Å². The van der Waals surface area contributed by atoms with Crippen molar-refractivity contribution in [2.45, 2.75) is 44.1 Å². The van der Waals surface area contributed by atoms with Gasteiger partial charge in [-0.2, -0.15) is 8.78 Å². The second kappa shape index (κ2) is 8.43. The highest BCUT2D eigenvalue weighted by Crippen LogP contribution is 2.32. The van der Waals surface area contributed by atoms with Crippen LogP contribution in [0.1, 0.15) is 53.1 Å². The van der Waals surface area contributed by atoms with E-state index in [2.05, 4.69) is 0 Å². The van der Waals surface area contributed by atoms with Crippen LogP contribution in [0.2, 0.25) is 5.02 Å². The summed E-state index contributed by atoms with van der Waals surface area (Å²) < 4.78 is 69.3. The third-order valence-corrected chi connectivity index (χ3v) is 5.41. The molecule has 2 unspecified atom stereocenters. The summed E-state index contributed by atoms with van der Waals surface area (Å²) in [7, 11) is 0. The van der Waals surface area contributed by atoms with Crippen LogP contribution in [-0.4, -0.2) is 34.4 Å². The molecule has 0 aliphatic carbocycles. The molecule has 4 rings (SSSR count). The molecule has 3 amide bonds. The van der Waals surface area contributed by atoms with Gasteiger partial charge in [0, 0.05) is 42.3 Å². The molecule has 9 heteroatoms. The maximum absolute atomic E-state index is 14.6. The van der Waals surface area contributed by atoms with Gasteiger partial charge >= 0.3 is 5.92 Å². The van der Waals surface area contributed by atoms with E-state index in [-0.39, 0.29) is 28.3 Å². The molecule has 1 fully saturated rings. The molecule has 0 aromatic heterocycles. The molecule has 6 nitrogen and oxygen atoms in total. The van der Waals surface area contributed by atoms with Crippen molar-refractivity contribution in [2.24, 2.45) is 0 Å². The van der Waals surface area contributed by atoms with Gasteiger partial charge in [-0.3, -0.25) is 24.5 Å². The monoisotopic (exact) mass is 465 g/mol. The molecule has 0 spiro atoms. The number of piperidine rings is 1. The van der Waals surface area contributed by atoms with Crippen LogP contribution in [0.15, 0.2) is 42.5 Å². The molecule has 0 bridgehead atoms. The van der Waals surface area contributed by atoms with Crippen LogP contribution in [0, 0.1) is 0 Å². The minimum atomic E-state index is -3.86. The Morgan fingerprint density at radius 2 is 1.94 bits per heavy atom. The highest BCUT2D eigenvalue weighted by Gasteiger charge is 2.41. The number of fused-ring (bicyclic) bond motifs is 1. The maximum atomic E-state index is 14.6. The maximum Gasteiger partial charge on any atom is 0.330 e. The minimum Gasteiger partial charge on any atom is -0.322 e. The van der Waals surface area contributed by atoms with Gasteiger partial charge in [-0.15, -0.1) is 0 Å². The summed E-state index contributed by atoms with van der Waals surface area (Å²) in [5.41, 5.74) is -0.162. The van der Waals surface area contributed by atoms with Gasteiger partial charge in [0.1, 0.15) is 6.04 Å². The third kappa shape index (κ3) is 4.14. The lowest BCUT2D eigenvalue weighted by Crippen LogP contribution is -2.52. The molecule has 2 aliphatic rings. The van der Waals surface area contributed by atoms with Gasteiger partial charge in [-0.1, -0.05) is 35.9 Å². The zero-order chi connectivity index (χ0) is 27.5. The zero-order valence-corrected chi connectivity index (χ0v) is 17.1. The van der Waals surface area contributed by atoms with Gasteiger partial charge in [0.05, 0.1) is 0 Å². The van der Waals surface area contributed by atoms with E-state index in [9.17, 15) is 28.0 Å². The number of benzene rings is 2. The highest BCUT2D eigenvalue weighted by molar-refractivity contribution is 6.30. The van der Waals surface area contributed by atoms with Crippen LogP contribution in [-0.2, 0) is 33.2 Å². The number of alkyl halides is 2. The Kier molecular flexibility index (Phi) is 4.34. The first-order chi connectivity index (χ1) is 17.1. The van der Waals surface area contributed by atoms with Gasteiger partial charge < -0.3 is 4.90 Å². The first-order valence-electron chi connectivity index (χ1n) is 12.0. The van der Waals surface area contributed by atoms with E-state index in [4.69, 9.17) is 18.5 Å². The van der Waals surface area contributed by atoms with Gasteiger partial charge in [0.2, 0.25) is 17.6 Å². The van der Waals surface area contributed by atoms with Gasteiger partial charge in [0.15, 0.2) is 0 Å². The van der Waals surface area contributed by atoms with E-state index < -0.39 is 66.6 Å². The van der Waals surface area contributed by atoms with Crippen molar-refractivity contribution in [3.8, 4) is 0 Å². The molecule has 166 valence electrons. The first kappa shape index (κ1) is 16.5.